The van der Waals surface area contributed by atoms with E-state index in [1.165, 1.54) is 11.8 Å². The zero-order valence-corrected chi connectivity index (χ0v) is 83.2. The Morgan fingerprint density at radius 1 is 0.366 bits per heavy atom. The predicted molar refractivity (Wildman–Crippen MR) is 503 cm³/mol. The van der Waals surface area contributed by atoms with Crippen LogP contribution in [0.15, 0.2) is 97.1 Å². The van der Waals surface area contributed by atoms with Crippen molar-refractivity contribution in [3.63, 3.8) is 0 Å². The summed E-state index contributed by atoms with van der Waals surface area (Å²) in [5.74, 6) is 0.331. The van der Waals surface area contributed by atoms with Gasteiger partial charge in [-0.05, 0) is 128 Å². The zero-order valence-electron chi connectivity index (χ0n) is 79.3. The van der Waals surface area contributed by atoms with Crippen molar-refractivity contribution in [1.29, 1.82) is 21.0 Å². The van der Waals surface area contributed by atoms with E-state index in [1.807, 2.05) is 112 Å². The van der Waals surface area contributed by atoms with E-state index in [0.717, 1.165) is 29.4 Å². The Labute approximate surface area is 803 Å². The summed E-state index contributed by atoms with van der Waals surface area (Å²) < 4.78 is 113. The van der Waals surface area contributed by atoms with Gasteiger partial charge < -0.3 is 66.3 Å². The topological polar surface area (TPSA) is 381 Å². The number of alkyl halides is 3. The Morgan fingerprint density at radius 2 is 0.604 bits per heavy atom. The molecular formula is C95H113Cl4F3N12O19S. The van der Waals surface area contributed by atoms with Gasteiger partial charge in [0.05, 0.1) is 56.6 Å². The molecule has 0 unspecified atom stereocenters. The third-order valence-electron chi connectivity index (χ3n) is 19.2. The zero-order chi connectivity index (χ0) is 100. The van der Waals surface area contributed by atoms with Crippen LogP contribution in [0.5, 0.6) is 0 Å². The molecule has 0 aliphatic heterocycles. The number of ether oxygens (including phenoxy) is 14. The molecule has 0 spiro atoms. The molecule has 31 nitrogen and oxygen atoms in total. The van der Waals surface area contributed by atoms with Gasteiger partial charge in [0.25, 0.3) is 0 Å². The normalized spacial score (nSPS) is 12.1. The molecule has 0 amide bonds. The number of carbonyl (C=O) groups excluding carboxylic acids is 5. The molecule has 722 valence electrons. The second-order valence-electron chi connectivity index (χ2n) is 32.9. The summed E-state index contributed by atoms with van der Waals surface area (Å²) in [6.07, 6.45) is -7.25. The van der Waals surface area contributed by atoms with Crippen molar-refractivity contribution < 1.29 is 103 Å². The smallest absolute Gasteiger partial charge is 0.466 e. The van der Waals surface area contributed by atoms with E-state index in [4.69, 9.17) is 93.8 Å². The third-order valence-corrected chi connectivity index (χ3v) is 21.6. The summed E-state index contributed by atoms with van der Waals surface area (Å²) in [7, 11) is 2.66. The molecule has 4 aromatic carbocycles. The summed E-state index contributed by atoms with van der Waals surface area (Å²) in [5.41, 5.74) is 11.1. The highest BCUT2D eigenvalue weighted by Crippen LogP contribution is 2.41. The average molecular weight is 1960 g/mol. The summed E-state index contributed by atoms with van der Waals surface area (Å²) >= 11 is 27.6. The molecule has 0 aliphatic carbocycles. The van der Waals surface area contributed by atoms with Gasteiger partial charge in [-0.3, -0.25) is 18.7 Å². The highest BCUT2D eigenvalue weighted by atomic mass is 35.5. The average Bonchev–Trinajstić information content (AvgIpc) is 1.82. The van der Waals surface area contributed by atoms with Gasteiger partial charge in [0.2, 0.25) is 27.2 Å². The molecule has 4 heterocycles. The number of nitrogens with zero attached hydrogens (tertiary/aromatic N) is 12. The van der Waals surface area contributed by atoms with E-state index in [1.54, 1.807) is 72.6 Å². The Balaban J connectivity index is 0.000000316. The number of hydrogen-bond donors (Lipinski definition) is 0. The lowest BCUT2D eigenvalue weighted by Crippen LogP contribution is -2.21. The van der Waals surface area contributed by atoms with Gasteiger partial charge in [-0.25, -0.2) is 24.0 Å². The number of allylic oxidation sites excluding steroid dienone is 4. The number of benzene rings is 4. The number of halogens is 7. The van der Waals surface area contributed by atoms with Crippen LogP contribution in [0.3, 0.4) is 0 Å². The van der Waals surface area contributed by atoms with Crippen LogP contribution in [0.1, 0.15) is 201 Å². The molecule has 134 heavy (non-hydrogen) atoms. The van der Waals surface area contributed by atoms with Crippen molar-refractivity contribution in [1.82, 2.24) is 39.1 Å². The standard InChI is InChI=1S/C24H28ClN3O6.C24H30ClN3O5.C24H30ClN3O4S.C23H25ClF3N3O4/c1-7-28-21(20(25)15(2)27-28)22(33-14-34-23(30)32-13-19(29)31-6)18(12-26)16-8-10-17(11-9-16)24(3,4)5;1-7-28-21(20(25)16(2)27-28)22(32-15-33-23(29)31-13-12-30-6)19(14-26)17-8-10-18(11-9-17)24(3,4)5;1-7-28-21(20(25)16(2)27-28)22(31-15-32-23(29)30-12-13-33-6)19(14-26)17-8-10-18(11-9-17)24(3,4)5;1-6-30-19(18(24)14(2)29-30)20(33-13-34-21(31)32-12-23(25,26)27)17(11-28)15-7-9-16(10-8-15)22(3,4)5/h8-11H,7,13-14H2,1-6H3;2*8-11H,7,12-13,15H2,1-6H3;7-10H,6,12-13H2,1-5H3/b22-18-;2*22-19-;20-17-. The van der Waals surface area contributed by atoms with Crippen LogP contribution in [0.2, 0.25) is 20.1 Å². The molecule has 4 aromatic heterocycles. The van der Waals surface area contributed by atoms with Gasteiger partial charge in [-0.1, -0.05) is 227 Å². The van der Waals surface area contributed by atoms with Gasteiger partial charge in [0, 0.05) is 39.0 Å². The first-order chi connectivity index (χ1) is 63.1. The van der Waals surface area contributed by atoms with E-state index in [-0.39, 0.29) is 97.5 Å². The largest absolute Gasteiger partial charge is 0.511 e. The van der Waals surface area contributed by atoms with Crippen LogP contribution in [-0.4, -0.2) is 162 Å². The molecule has 39 heteroatoms. The Bertz CT molecular complexity index is 5480. The minimum absolute atomic E-state index is 0.0277. The molecule has 0 radical (unpaired) electrons. The monoisotopic (exact) mass is 1950 g/mol. The number of aromatic nitrogens is 8. The molecular weight excluding hydrogens is 1840 g/mol. The molecule has 0 saturated carbocycles. The summed E-state index contributed by atoms with van der Waals surface area (Å²) in [6, 6.07) is 38.8. The van der Waals surface area contributed by atoms with Crippen LogP contribution in [-0.2, 0) is 119 Å². The van der Waals surface area contributed by atoms with Crippen LogP contribution >= 0.6 is 58.2 Å². The molecule has 0 bridgehead atoms. The fourth-order valence-corrected chi connectivity index (χ4v) is 13.2. The lowest BCUT2D eigenvalue weighted by molar-refractivity contribution is -0.167. The fraction of sp³-hybridized carbons (Fsp3) is 0.442. The molecule has 0 N–H and O–H groups in total. The number of methoxy groups -OCH3 is 2. The van der Waals surface area contributed by atoms with Crippen LogP contribution < -0.4 is 0 Å². The van der Waals surface area contributed by atoms with Crippen molar-refractivity contribution in [3.05, 3.63) is 207 Å². The molecule has 0 atom stereocenters. The second kappa shape index (κ2) is 52.3. The first-order valence-electron chi connectivity index (χ1n) is 41.8. The number of carbonyl (C=O) groups is 5. The minimum atomic E-state index is -4.70. The number of thioether (sulfide) groups is 1. The Kier molecular flexibility index (Phi) is 43.8. The maximum atomic E-state index is 12.2. The Hall–Kier alpha value is -12.4. The van der Waals surface area contributed by atoms with Gasteiger partial charge in [0.1, 0.15) is 82.6 Å². The van der Waals surface area contributed by atoms with Crippen molar-refractivity contribution in [3.8, 4) is 24.3 Å². The highest BCUT2D eigenvalue weighted by molar-refractivity contribution is 7.98. The number of nitriles is 4. The van der Waals surface area contributed by atoms with Gasteiger partial charge >= 0.3 is 36.8 Å². The lowest BCUT2D eigenvalue weighted by atomic mass is 9.86. The summed E-state index contributed by atoms with van der Waals surface area (Å²) in [4.78, 5) is 57.9. The van der Waals surface area contributed by atoms with Gasteiger partial charge in [-0.2, -0.15) is 66.4 Å². The molecule has 0 saturated heterocycles. The maximum absolute atomic E-state index is 12.2. The van der Waals surface area contributed by atoms with E-state index < -0.39 is 77.2 Å². The number of hydrogen-bond acceptors (Lipinski definition) is 28. The predicted octanol–water partition coefficient (Wildman–Crippen LogP) is 22.5. The van der Waals surface area contributed by atoms with Crippen LogP contribution in [0, 0.1) is 73.0 Å². The van der Waals surface area contributed by atoms with Gasteiger partial charge in [0.15, 0.2) is 36.3 Å². The van der Waals surface area contributed by atoms with E-state index in [0.29, 0.717) is 109 Å². The number of aryl methyl sites for hydroxylation is 8. The molecule has 8 aromatic rings. The van der Waals surface area contributed by atoms with Crippen molar-refractivity contribution in [2.24, 2.45) is 0 Å². The van der Waals surface area contributed by atoms with Crippen molar-refractivity contribution in [2.45, 2.75) is 192 Å². The van der Waals surface area contributed by atoms with Crippen molar-refractivity contribution in [2.75, 3.05) is 86.4 Å². The minimum Gasteiger partial charge on any atom is -0.466 e. The third kappa shape index (κ3) is 32.8. The molecule has 0 aliphatic rings. The first kappa shape index (κ1) is 112. The molecule has 8 rings (SSSR count). The Morgan fingerprint density at radius 3 is 0.813 bits per heavy atom. The number of rotatable bonds is 33. The number of esters is 1. The summed E-state index contributed by atoms with van der Waals surface area (Å²) in [5, 5.41) is 58.9. The lowest BCUT2D eigenvalue weighted by Gasteiger charge is -2.19. The van der Waals surface area contributed by atoms with Gasteiger partial charge in [-0.15, -0.1) is 0 Å². The highest BCUT2D eigenvalue weighted by Gasteiger charge is 2.33. The first-order valence-corrected chi connectivity index (χ1v) is 44.7. The van der Waals surface area contributed by atoms with E-state index in [2.05, 4.69) is 147 Å². The second-order valence-corrected chi connectivity index (χ2v) is 35.4. The van der Waals surface area contributed by atoms with E-state index in [9.17, 15) is 58.2 Å². The molecule has 0 fully saturated rings. The van der Waals surface area contributed by atoms with Crippen LogP contribution in [0.25, 0.3) is 45.3 Å². The maximum Gasteiger partial charge on any atom is 0.511 e. The SMILES string of the molecule is CCn1nc(C)c(Cl)c1/C(OCOC(=O)OCC(=O)OC)=C(\C#N)c1ccc(C(C)(C)C)cc1.CCn1nc(C)c(Cl)c1/C(OCOC(=O)OCC(F)(F)F)=C(\C#N)c1ccc(C(C)(C)C)cc1.CCn1nc(C)c(Cl)c1/C(OCOC(=O)OCCOC)=C(\C#N)c1ccc(C(C)(C)C)cc1.CCn1nc(C)c(Cl)c1/C(OCOC(=O)OCCSC)=C(\C#N)c1ccc(C(C)(C)C)cc1. The fourth-order valence-electron chi connectivity index (χ4n) is 12.0. The summed E-state index contributed by atoms with van der Waals surface area (Å²) in [6.45, 7) is 37.2. The quantitative estimate of drug-likeness (QED) is 0.00920. The van der Waals surface area contributed by atoms with Crippen LogP contribution in [0.4, 0.5) is 32.3 Å². The van der Waals surface area contributed by atoms with E-state index >= 15 is 0 Å². The van der Waals surface area contributed by atoms with Crippen molar-refractivity contribution >= 4 is 134 Å².